The third kappa shape index (κ3) is 4.92. The molecule has 0 saturated carbocycles. The maximum atomic E-state index is 13.2. The van der Waals surface area contributed by atoms with Crippen LogP contribution in [0.25, 0.3) is 0 Å². The molecule has 1 aliphatic carbocycles. The monoisotopic (exact) mass is 475 g/mol. The molecule has 0 bridgehead atoms. The minimum Gasteiger partial charge on any atom is -0.355 e. The van der Waals surface area contributed by atoms with Crippen LogP contribution in [0.2, 0.25) is 0 Å². The molecule has 174 valence electrons. The van der Waals surface area contributed by atoms with Gasteiger partial charge in [0.25, 0.3) is 0 Å². The molecule has 8 heteroatoms. The Morgan fingerprint density at radius 1 is 1.12 bits per heavy atom. The number of benzene rings is 1. The van der Waals surface area contributed by atoms with E-state index in [9.17, 15) is 13.2 Å². The number of aromatic nitrogens is 1. The van der Waals surface area contributed by atoms with E-state index in [1.54, 1.807) is 15.6 Å². The predicted octanol–water partition coefficient (Wildman–Crippen LogP) is 3.71. The minimum atomic E-state index is -3.55. The van der Waals surface area contributed by atoms with Gasteiger partial charge in [-0.25, -0.2) is 13.4 Å². The van der Waals surface area contributed by atoms with E-state index in [0.717, 1.165) is 41.0 Å². The lowest BCUT2D eigenvalue weighted by atomic mass is 9.97. The van der Waals surface area contributed by atoms with Crippen LogP contribution in [-0.2, 0) is 34.1 Å². The van der Waals surface area contributed by atoms with E-state index in [4.69, 9.17) is 4.98 Å². The Labute approximate surface area is 195 Å². The fraction of sp³-hybridized carbons (Fsp3) is 0.583. The Kier molecular flexibility index (Phi) is 7.03. The molecule has 1 aromatic heterocycles. The van der Waals surface area contributed by atoms with Crippen LogP contribution >= 0.6 is 11.3 Å². The van der Waals surface area contributed by atoms with Gasteiger partial charge >= 0.3 is 0 Å². The largest absolute Gasteiger partial charge is 0.355 e. The van der Waals surface area contributed by atoms with Crippen LogP contribution in [0.1, 0.15) is 58.0 Å². The molecule has 1 aliphatic heterocycles. The van der Waals surface area contributed by atoms with Gasteiger partial charge in [0.05, 0.1) is 15.6 Å². The predicted molar refractivity (Wildman–Crippen MR) is 128 cm³/mol. The molecule has 32 heavy (non-hydrogen) atoms. The van der Waals surface area contributed by atoms with Crippen molar-refractivity contribution >= 4 is 27.3 Å². The molecule has 0 radical (unpaired) electrons. The number of hydrogen-bond donors (Lipinski definition) is 1. The van der Waals surface area contributed by atoms with Crippen molar-refractivity contribution < 1.29 is 13.2 Å². The first-order valence-electron chi connectivity index (χ1n) is 11.6. The minimum absolute atomic E-state index is 0.0334. The topological polar surface area (TPSA) is 79.4 Å². The maximum absolute atomic E-state index is 13.2. The molecule has 0 spiro atoms. The number of carbonyl (C=O) groups is 1. The van der Waals surface area contributed by atoms with Crippen molar-refractivity contribution in [3.8, 4) is 0 Å². The van der Waals surface area contributed by atoms with Crippen molar-refractivity contribution in [2.24, 2.45) is 5.92 Å². The highest BCUT2D eigenvalue weighted by Crippen LogP contribution is 2.29. The Bertz CT molecular complexity index is 1050. The Morgan fingerprint density at radius 2 is 1.78 bits per heavy atom. The lowest BCUT2D eigenvalue weighted by Crippen LogP contribution is -2.43. The summed E-state index contributed by atoms with van der Waals surface area (Å²) in [6.45, 7) is 7.03. The number of sulfonamides is 1. The van der Waals surface area contributed by atoms with Crippen LogP contribution in [0.5, 0.6) is 0 Å². The first-order chi connectivity index (χ1) is 15.3. The Morgan fingerprint density at radius 3 is 2.44 bits per heavy atom. The summed E-state index contributed by atoms with van der Waals surface area (Å²) in [4.78, 5) is 19.2. The first-order valence-corrected chi connectivity index (χ1v) is 13.8. The third-order valence-electron chi connectivity index (χ3n) is 6.56. The maximum Gasteiger partial charge on any atom is 0.243 e. The van der Waals surface area contributed by atoms with Crippen LogP contribution in [0, 0.1) is 26.7 Å². The Balaban J connectivity index is 1.29. The van der Waals surface area contributed by atoms with Gasteiger partial charge in [-0.05, 0) is 70.4 Å². The van der Waals surface area contributed by atoms with Crippen molar-refractivity contribution in [2.75, 3.05) is 19.6 Å². The highest BCUT2D eigenvalue weighted by molar-refractivity contribution is 7.89. The van der Waals surface area contributed by atoms with E-state index in [1.165, 1.54) is 23.4 Å². The van der Waals surface area contributed by atoms with Crippen molar-refractivity contribution in [3.63, 3.8) is 0 Å². The lowest BCUT2D eigenvalue weighted by Gasteiger charge is -2.31. The summed E-state index contributed by atoms with van der Waals surface area (Å²) in [5.41, 5.74) is 3.89. The van der Waals surface area contributed by atoms with Gasteiger partial charge in [-0.3, -0.25) is 4.79 Å². The van der Waals surface area contributed by atoms with Crippen molar-refractivity contribution in [1.29, 1.82) is 0 Å². The number of thiazole rings is 1. The van der Waals surface area contributed by atoms with Gasteiger partial charge in [0.15, 0.2) is 0 Å². The number of carbonyl (C=O) groups excluding carboxylic acids is 1. The van der Waals surface area contributed by atoms with E-state index in [1.807, 2.05) is 32.9 Å². The van der Waals surface area contributed by atoms with Crippen molar-refractivity contribution in [3.05, 3.63) is 44.4 Å². The number of piperidine rings is 1. The molecule has 4 rings (SSSR count). The van der Waals surface area contributed by atoms with E-state index in [2.05, 4.69) is 5.32 Å². The van der Waals surface area contributed by atoms with E-state index in [0.29, 0.717) is 37.4 Å². The molecule has 0 unspecified atom stereocenters. The summed E-state index contributed by atoms with van der Waals surface area (Å²) in [6, 6.07) is 3.83. The number of nitrogens with one attached hydrogen (secondary N) is 1. The lowest BCUT2D eigenvalue weighted by molar-refractivity contribution is -0.126. The number of fused-ring (bicyclic) bond motifs is 1. The zero-order valence-corrected chi connectivity index (χ0v) is 20.9. The quantitative estimate of drug-likeness (QED) is 0.691. The van der Waals surface area contributed by atoms with Gasteiger partial charge in [-0.15, -0.1) is 11.3 Å². The van der Waals surface area contributed by atoms with Gasteiger partial charge in [-0.2, -0.15) is 4.31 Å². The molecular formula is C24H33N3O3S2. The van der Waals surface area contributed by atoms with Gasteiger partial charge in [0.2, 0.25) is 15.9 Å². The number of aryl methyl sites for hydroxylation is 5. The molecule has 2 heterocycles. The smallest absolute Gasteiger partial charge is 0.243 e. The van der Waals surface area contributed by atoms with Gasteiger partial charge in [0, 0.05) is 36.9 Å². The van der Waals surface area contributed by atoms with E-state index in [-0.39, 0.29) is 11.8 Å². The molecule has 1 fully saturated rings. The summed E-state index contributed by atoms with van der Waals surface area (Å²) in [6.07, 6.45) is 6.58. The van der Waals surface area contributed by atoms with E-state index < -0.39 is 10.0 Å². The standard InChI is InChI=1S/C24H33N3O3S2/c1-16-14-17(2)23(18(3)15-16)32(29,30)27-12-9-19(10-13-27)24(28)25-11-8-22-26-20-6-4-5-7-21(20)31-22/h14-15,19H,4-13H2,1-3H3,(H,25,28). The van der Waals surface area contributed by atoms with Crippen molar-refractivity contribution in [2.45, 2.75) is 70.6 Å². The highest BCUT2D eigenvalue weighted by Gasteiger charge is 2.33. The number of amides is 1. The normalized spacial score (nSPS) is 17.8. The summed E-state index contributed by atoms with van der Waals surface area (Å²) < 4.78 is 28.0. The van der Waals surface area contributed by atoms with Crippen LogP contribution in [-0.4, -0.2) is 43.2 Å². The molecular weight excluding hydrogens is 442 g/mol. The SMILES string of the molecule is Cc1cc(C)c(S(=O)(=O)N2CCC(C(=O)NCCc3nc4c(s3)CCCC4)CC2)c(C)c1. The second kappa shape index (κ2) is 9.61. The summed E-state index contributed by atoms with van der Waals surface area (Å²) in [5, 5.41) is 4.16. The molecule has 1 saturated heterocycles. The molecule has 1 aromatic carbocycles. The second-order valence-corrected chi connectivity index (χ2v) is 12.2. The zero-order valence-electron chi connectivity index (χ0n) is 19.2. The van der Waals surface area contributed by atoms with Crippen LogP contribution in [0.15, 0.2) is 17.0 Å². The summed E-state index contributed by atoms with van der Waals surface area (Å²) in [7, 11) is -3.55. The molecule has 1 amide bonds. The van der Waals surface area contributed by atoms with Crippen LogP contribution < -0.4 is 5.32 Å². The van der Waals surface area contributed by atoms with Gasteiger partial charge < -0.3 is 5.32 Å². The zero-order chi connectivity index (χ0) is 22.9. The first kappa shape index (κ1) is 23.4. The molecule has 1 N–H and O–H groups in total. The van der Waals surface area contributed by atoms with Crippen LogP contribution in [0.4, 0.5) is 0 Å². The second-order valence-electron chi connectivity index (χ2n) is 9.13. The van der Waals surface area contributed by atoms with Gasteiger partial charge in [0.1, 0.15) is 0 Å². The average Bonchev–Trinajstić information content (AvgIpc) is 3.15. The average molecular weight is 476 g/mol. The molecule has 2 aromatic rings. The van der Waals surface area contributed by atoms with Crippen molar-refractivity contribution in [1.82, 2.24) is 14.6 Å². The van der Waals surface area contributed by atoms with Crippen LogP contribution in [0.3, 0.4) is 0 Å². The number of nitrogens with zero attached hydrogens (tertiary/aromatic N) is 2. The highest BCUT2D eigenvalue weighted by atomic mass is 32.2. The summed E-state index contributed by atoms with van der Waals surface area (Å²) >= 11 is 1.79. The number of hydrogen-bond acceptors (Lipinski definition) is 5. The Hall–Kier alpha value is -1.77. The molecule has 0 atom stereocenters. The number of rotatable bonds is 6. The van der Waals surface area contributed by atoms with E-state index >= 15 is 0 Å². The fourth-order valence-electron chi connectivity index (χ4n) is 5.01. The molecule has 2 aliphatic rings. The van der Waals surface area contributed by atoms with Gasteiger partial charge in [-0.1, -0.05) is 17.7 Å². The third-order valence-corrected chi connectivity index (χ3v) is 9.98. The molecule has 6 nitrogen and oxygen atoms in total. The summed E-state index contributed by atoms with van der Waals surface area (Å²) in [5.74, 6) is -0.0998. The fourth-order valence-corrected chi connectivity index (χ4v) is 8.05.